The second-order valence-electron chi connectivity index (χ2n) is 6.66. The quantitative estimate of drug-likeness (QED) is 0.607. The Bertz CT molecular complexity index is 597. The van der Waals surface area contributed by atoms with Crippen LogP contribution < -0.4 is 0 Å². The number of carbonyl (C=O) groups is 2. The highest BCUT2D eigenvalue weighted by molar-refractivity contribution is 5.82. The van der Waals surface area contributed by atoms with Crippen molar-refractivity contribution in [3.8, 4) is 0 Å². The molecule has 0 bridgehead atoms. The minimum atomic E-state index is -4.40. The van der Waals surface area contributed by atoms with E-state index in [9.17, 15) is 22.8 Å². The molecule has 1 aliphatic carbocycles. The van der Waals surface area contributed by atoms with Gasteiger partial charge in [-0.25, -0.2) is 0 Å². The summed E-state index contributed by atoms with van der Waals surface area (Å²) in [6, 6.07) is 8.85. The van der Waals surface area contributed by atoms with Crippen LogP contribution in [-0.4, -0.2) is 25.2 Å². The van der Waals surface area contributed by atoms with Gasteiger partial charge in [0.2, 0.25) is 0 Å². The van der Waals surface area contributed by atoms with Crippen LogP contribution in [0.4, 0.5) is 13.2 Å². The number of hydrogen-bond donors (Lipinski definition) is 0. The molecule has 4 nitrogen and oxygen atoms in total. The lowest BCUT2D eigenvalue weighted by Gasteiger charge is -2.24. The normalized spacial score (nSPS) is 16.6. The van der Waals surface area contributed by atoms with Crippen molar-refractivity contribution in [1.82, 2.24) is 0 Å². The van der Waals surface area contributed by atoms with Crippen LogP contribution in [0.1, 0.15) is 37.7 Å². The Morgan fingerprint density at radius 2 is 1.77 bits per heavy atom. The Kier molecular flexibility index (Phi) is 7.06. The molecule has 1 fully saturated rings. The maximum atomic E-state index is 12.7. The number of hydrogen-bond acceptors (Lipinski definition) is 4. The zero-order chi connectivity index (χ0) is 19.2. The summed E-state index contributed by atoms with van der Waals surface area (Å²) in [5, 5.41) is 0. The summed E-state index contributed by atoms with van der Waals surface area (Å²) in [5.74, 6) is -3.24. The highest BCUT2D eigenvalue weighted by atomic mass is 19.4. The van der Waals surface area contributed by atoms with Gasteiger partial charge in [0.15, 0.2) is 0 Å². The lowest BCUT2D eigenvalue weighted by atomic mass is 9.84. The van der Waals surface area contributed by atoms with Crippen LogP contribution in [0.15, 0.2) is 30.3 Å². The average molecular weight is 372 g/mol. The summed E-state index contributed by atoms with van der Waals surface area (Å²) in [7, 11) is 1.18. The summed E-state index contributed by atoms with van der Waals surface area (Å²) in [4.78, 5) is 24.6. The predicted octanol–water partition coefficient (Wildman–Crippen LogP) is 4.28. The molecule has 0 amide bonds. The maximum Gasteiger partial charge on any atom is 0.389 e. The lowest BCUT2D eigenvalue weighted by Crippen LogP contribution is -2.33. The molecule has 0 spiro atoms. The number of alkyl halides is 3. The van der Waals surface area contributed by atoms with Crippen LogP contribution in [0.25, 0.3) is 0 Å². The molecule has 1 aromatic carbocycles. The number of carbonyl (C=O) groups excluding carboxylic acids is 2. The van der Waals surface area contributed by atoms with Crippen LogP contribution in [0.5, 0.6) is 0 Å². The summed E-state index contributed by atoms with van der Waals surface area (Å²) in [6.45, 7) is -0.0422. The Hall–Kier alpha value is -2.05. The molecule has 0 aromatic heterocycles. The van der Waals surface area contributed by atoms with Gasteiger partial charge >= 0.3 is 18.1 Å². The molecule has 0 heterocycles. The van der Waals surface area contributed by atoms with Crippen molar-refractivity contribution < 1.29 is 32.2 Å². The molecule has 0 aliphatic heterocycles. The highest BCUT2D eigenvalue weighted by Gasteiger charge is 2.41. The molecule has 1 aliphatic rings. The molecule has 7 heteroatoms. The Morgan fingerprint density at radius 3 is 2.31 bits per heavy atom. The van der Waals surface area contributed by atoms with E-state index in [0.717, 1.165) is 18.4 Å². The molecule has 1 saturated carbocycles. The smallest absolute Gasteiger partial charge is 0.389 e. The van der Waals surface area contributed by atoms with E-state index < -0.39 is 42.8 Å². The van der Waals surface area contributed by atoms with Crippen molar-refractivity contribution in [1.29, 1.82) is 0 Å². The molecule has 0 radical (unpaired) electrons. The highest BCUT2D eigenvalue weighted by Crippen LogP contribution is 2.40. The zero-order valence-corrected chi connectivity index (χ0v) is 14.6. The first-order valence-corrected chi connectivity index (χ1v) is 8.65. The summed E-state index contributed by atoms with van der Waals surface area (Å²) in [5.41, 5.74) is 0.729. The van der Waals surface area contributed by atoms with Gasteiger partial charge in [-0.3, -0.25) is 9.59 Å². The number of ether oxygens (including phenoxy) is 2. The van der Waals surface area contributed by atoms with Crippen LogP contribution in [0.2, 0.25) is 0 Å². The monoisotopic (exact) mass is 372 g/mol. The zero-order valence-electron chi connectivity index (χ0n) is 14.6. The SMILES string of the molecule is COC(=O)[C@@H](CC1CC1)[C@@H](CCC(F)(F)F)C(=O)OCc1ccccc1. The van der Waals surface area contributed by atoms with Gasteiger partial charge in [0, 0.05) is 6.42 Å². The molecule has 2 rings (SSSR count). The first-order chi connectivity index (χ1) is 12.3. The maximum absolute atomic E-state index is 12.7. The van der Waals surface area contributed by atoms with Crippen LogP contribution >= 0.6 is 0 Å². The van der Waals surface area contributed by atoms with E-state index in [4.69, 9.17) is 9.47 Å². The summed E-state index contributed by atoms with van der Waals surface area (Å²) >= 11 is 0. The Morgan fingerprint density at radius 1 is 1.12 bits per heavy atom. The van der Waals surface area contributed by atoms with Gasteiger partial charge in [0.05, 0.1) is 18.9 Å². The van der Waals surface area contributed by atoms with Gasteiger partial charge in [-0.15, -0.1) is 0 Å². The first-order valence-electron chi connectivity index (χ1n) is 8.65. The number of benzene rings is 1. The fraction of sp³-hybridized carbons (Fsp3) is 0.579. The van der Waals surface area contributed by atoms with E-state index >= 15 is 0 Å². The van der Waals surface area contributed by atoms with Crippen molar-refractivity contribution in [2.75, 3.05) is 7.11 Å². The number of methoxy groups -OCH3 is 1. The van der Waals surface area contributed by atoms with Gasteiger partial charge < -0.3 is 9.47 Å². The summed E-state index contributed by atoms with van der Waals surface area (Å²) in [6.07, 6.45) is -3.84. The van der Waals surface area contributed by atoms with Gasteiger partial charge in [-0.2, -0.15) is 13.2 Å². The molecule has 1 aromatic rings. The summed E-state index contributed by atoms with van der Waals surface area (Å²) < 4.78 is 48.0. The van der Waals surface area contributed by atoms with Crippen LogP contribution in [0, 0.1) is 17.8 Å². The van der Waals surface area contributed by atoms with Gasteiger partial charge in [0.25, 0.3) is 0 Å². The van der Waals surface area contributed by atoms with Crippen molar-refractivity contribution in [2.45, 2.75) is 44.9 Å². The Balaban J connectivity index is 2.08. The van der Waals surface area contributed by atoms with E-state index in [2.05, 4.69) is 0 Å². The minimum absolute atomic E-state index is 0.0422. The standard InChI is InChI=1S/C19H23F3O4/c1-25-17(23)16(11-13-7-8-13)15(9-10-19(20,21)22)18(24)26-12-14-5-3-2-4-6-14/h2-6,13,15-16H,7-12H2,1H3/t15-,16+/m1/s1. The number of halogens is 3. The number of esters is 2. The van der Waals surface area contributed by atoms with Crippen molar-refractivity contribution in [2.24, 2.45) is 17.8 Å². The third kappa shape index (κ3) is 6.69. The molecule has 2 atom stereocenters. The van der Waals surface area contributed by atoms with Crippen LogP contribution in [0.3, 0.4) is 0 Å². The lowest BCUT2D eigenvalue weighted by molar-refractivity contribution is -0.165. The largest absolute Gasteiger partial charge is 0.469 e. The molecule has 144 valence electrons. The molecule has 0 unspecified atom stereocenters. The third-order valence-electron chi connectivity index (χ3n) is 4.54. The molecule has 0 N–H and O–H groups in total. The van der Waals surface area contributed by atoms with E-state index in [1.807, 2.05) is 0 Å². The molecular weight excluding hydrogens is 349 g/mol. The van der Waals surface area contributed by atoms with Crippen molar-refractivity contribution in [3.63, 3.8) is 0 Å². The number of rotatable bonds is 9. The minimum Gasteiger partial charge on any atom is -0.469 e. The second kappa shape index (κ2) is 9.05. The van der Waals surface area contributed by atoms with Crippen LogP contribution in [-0.2, 0) is 25.7 Å². The van der Waals surface area contributed by atoms with E-state index in [1.54, 1.807) is 30.3 Å². The van der Waals surface area contributed by atoms with E-state index in [1.165, 1.54) is 7.11 Å². The first kappa shape index (κ1) is 20.3. The molecular formula is C19H23F3O4. The van der Waals surface area contributed by atoms with Gasteiger partial charge in [0.1, 0.15) is 6.61 Å². The average Bonchev–Trinajstić information content (AvgIpc) is 3.42. The topological polar surface area (TPSA) is 52.6 Å². The van der Waals surface area contributed by atoms with Gasteiger partial charge in [-0.1, -0.05) is 43.2 Å². The predicted molar refractivity (Wildman–Crippen MR) is 87.9 cm³/mol. The van der Waals surface area contributed by atoms with Crippen molar-refractivity contribution >= 4 is 11.9 Å². The fourth-order valence-corrected chi connectivity index (χ4v) is 2.93. The van der Waals surface area contributed by atoms with E-state index in [0.29, 0.717) is 6.42 Å². The second-order valence-corrected chi connectivity index (χ2v) is 6.66. The van der Waals surface area contributed by atoms with E-state index in [-0.39, 0.29) is 12.5 Å². The van der Waals surface area contributed by atoms with Crippen molar-refractivity contribution in [3.05, 3.63) is 35.9 Å². The Labute approximate surface area is 150 Å². The molecule has 26 heavy (non-hydrogen) atoms. The molecule has 0 saturated heterocycles. The third-order valence-corrected chi connectivity index (χ3v) is 4.54. The fourth-order valence-electron chi connectivity index (χ4n) is 2.93. The van der Waals surface area contributed by atoms with Gasteiger partial charge in [-0.05, 0) is 24.3 Å².